The predicted molar refractivity (Wildman–Crippen MR) is 141 cm³/mol. The molecule has 2 unspecified atom stereocenters. The van der Waals surface area contributed by atoms with E-state index < -0.39 is 11.3 Å². The molecule has 3 atom stereocenters. The minimum absolute atomic E-state index is 0.123. The molecular formula is C27H31N5O3S. The lowest BCUT2D eigenvalue weighted by Crippen LogP contribution is -2.53. The third-order valence-corrected chi connectivity index (χ3v) is 8.44. The van der Waals surface area contributed by atoms with Crippen LogP contribution in [0.25, 0.3) is 0 Å². The van der Waals surface area contributed by atoms with Crippen LogP contribution < -0.4 is 15.5 Å². The van der Waals surface area contributed by atoms with E-state index in [0.29, 0.717) is 19.0 Å². The minimum atomic E-state index is -0.533. The molecule has 0 spiro atoms. The van der Waals surface area contributed by atoms with E-state index in [1.807, 2.05) is 19.1 Å². The number of aromatic nitrogens is 1. The van der Waals surface area contributed by atoms with E-state index in [1.165, 1.54) is 23.4 Å². The number of benzene rings is 1. The Labute approximate surface area is 215 Å². The fraction of sp³-hybridized carbons (Fsp3) is 0.407. The fourth-order valence-electron chi connectivity index (χ4n) is 5.26. The first-order chi connectivity index (χ1) is 17.3. The van der Waals surface area contributed by atoms with Crippen LogP contribution in [0.1, 0.15) is 55.3 Å². The third-order valence-electron chi connectivity index (χ3n) is 7.15. The Kier molecular flexibility index (Phi) is 6.51. The Morgan fingerprint density at radius 1 is 1.28 bits per heavy atom. The lowest BCUT2D eigenvalue weighted by atomic mass is 9.97. The molecule has 0 radical (unpaired) electrons. The largest absolute Gasteiger partial charge is 0.351 e. The molecule has 1 saturated heterocycles. The number of thioether (sulfide) groups is 1. The highest BCUT2D eigenvalue weighted by Crippen LogP contribution is 2.51. The maximum atomic E-state index is 13.4. The first-order valence-electron chi connectivity index (χ1n) is 12.4. The molecule has 1 fully saturated rings. The van der Waals surface area contributed by atoms with Gasteiger partial charge in [-0.1, -0.05) is 44.3 Å². The first kappa shape index (κ1) is 24.4. The lowest BCUT2D eigenvalue weighted by Gasteiger charge is -2.36. The third kappa shape index (κ3) is 4.25. The standard InChI is InChI=1S/C27H31N5O3S/c1-5-21(33)31-12-6-7-18(14-31)29-25(34)24-23-22-20(10-11-28-26(22)36-24)32(27(35)30-23)19-9-8-17(15(2)3)13-16(19)4/h5,8-11,13,15,18,23-24H,1,6-7,12,14H2,2-4H3,(H,29,34)(H,30,35)/t18?,23?,24-/m1/s1. The second kappa shape index (κ2) is 9.61. The van der Waals surface area contributed by atoms with Gasteiger partial charge in [-0.3, -0.25) is 14.5 Å². The van der Waals surface area contributed by atoms with Gasteiger partial charge in [0.05, 0.1) is 17.4 Å². The summed E-state index contributed by atoms with van der Waals surface area (Å²) in [6, 6.07) is 7.15. The molecule has 188 valence electrons. The normalized spacial score (nSPS) is 22.8. The number of carbonyl (C=O) groups is 3. The predicted octanol–water partition coefficient (Wildman–Crippen LogP) is 4.18. The van der Waals surface area contributed by atoms with Crippen molar-refractivity contribution in [2.45, 2.75) is 61.9 Å². The molecule has 1 aromatic carbocycles. The summed E-state index contributed by atoms with van der Waals surface area (Å²) in [6.45, 7) is 11.0. The number of anilines is 2. The van der Waals surface area contributed by atoms with Gasteiger partial charge < -0.3 is 15.5 Å². The Morgan fingerprint density at radius 2 is 2.08 bits per heavy atom. The number of likely N-dealkylation sites (tertiary alicyclic amines) is 1. The minimum Gasteiger partial charge on any atom is -0.351 e. The van der Waals surface area contributed by atoms with Crippen molar-refractivity contribution >= 4 is 41.0 Å². The number of nitrogens with zero attached hydrogens (tertiary/aromatic N) is 3. The van der Waals surface area contributed by atoms with Gasteiger partial charge in [-0.15, -0.1) is 0 Å². The topological polar surface area (TPSA) is 94.6 Å². The highest BCUT2D eigenvalue weighted by atomic mass is 32.2. The van der Waals surface area contributed by atoms with E-state index in [4.69, 9.17) is 0 Å². The summed E-state index contributed by atoms with van der Waals surface area (Å²) < 4.78 is 0. The van der Waals surface area contributed by atoms with Crippen LogP contribution in [-0.2, 0) is 9.59 Å². The van der Waals surface area contributed by atoms with Crippen molar-refractivity contribution < 1.29 is 14.4 Å². The number of amides is 4. The number of carbonyl (C=O) groups excluding carboxylic acids is 3. The number of hydrogen-bond acceptors (Lipinski definition) is 5. The molecule has 2 N–H and O–H groups in total. The van der Waals surface area contributed by atoms with Gasteiger partial charge in [0.1, 0.15) is 10.3 Å². The average Bonchev–Trinajstić information content (AvgIpc) is 3.24. The van der Waals surface area contributed by atoms with Gasteiger partial charge in [0, 0.05) is 30.9 Å². The summed E-state index contributed by atoms with van der Waals surface area (Å²) >= 11 is 1.38. The van der Waals surface area contributed by atoms with E-state index in [0.717, 1.165) is 40.4 Å². The number of piperidine rings is 1. The van der Waals surface area contributed by atoms with E-state index in [1.54, 1.807) is 16.0 Å². The Bertz CT molecular complexity index is 1250. The first-order valence-corrected chi connectivity index (χ1v) is 13.2. The molecule has 9 heteroatoms. The van der Waals surface area contributed by atoms with Crippen LogP contribution in [0.3, 0.4) is 0 Å². The summed E-state index contributed by atoms with van der Waals surface area (Å²) in [7, 11) is 0. The second-order valence-corrected chi connectivity index (χ2v) is 11.0. The van der Waals surface area contributed by atoms with Gasteiger partial charge in [0.2, 0.25) is 11.8 Å². The summed E-state index contributed by atoms with van der Waals surface area (Å²) in [5, 5.41) is 6.42. The maximum absolute atomic E-state index is 13.4. The molecule has 0 bridgehead atoms. The molecule has 0 saturated carbocycles. The van der Waals surface area contributed by atoms with Gasteiger partial charge in [-0.25, -0.2) is 9.78 Å². The number of aryl methyl sites for hydroxylation is 1. The number of urea groups is 1. The van der Waals surface area contributed by atoms with E-state index in [9.17, 15) is 14.4 Å². The molecule has 4 heterocycles. The Balaban J connectivity index is 1.40. The van der Waals surface area contributed by atoms with Gasteiger partial charge in [-0.2, -0.15) is 0 Å². The van der Waals surface area contributed by atoms with Crippen molar-refractivity contribution in [1.82, 2.24) is 20.5 Å². The van der Waals surface area contributed by atoms with Gasteiger partial charge in [-0.05, 0) is 55.0 Å². The average molecular weight is 506 g/mol. The number of hydrogen-bond donors (Lipinski definition) is 2. The van der Waals surface area contributed by atoms with Crippen molar-refractivity contribution in [3.8, 4) is 0 Å². The number of rotatable bonds is 5. The summed E-state index contributed by atoms with van der Waals surface area (Å²) in [5.74, 6) is 0.115. The number of nitrogens with one attached hydrogen (secondary N) is 2. The molecule has 5 rings (SSSR count). The fourth-order valence-corrected chi connectivity index (χ4v) is 6.50. The molecule has 2 aromatic rings. The van der Waals surface area contributed by atoms with E-state index in [-0.39, 0.29) is 23.9 Å². The molecule has 1 aromatic heterocycles. The zero-order valence-electron chi connectivity index (χ0n) is 20.8. The van der Waals surface area contributed by atoms with Crippen LogP contribution in [0.4, 0.5) is 16.2 Å². The molecule has 4 amide bonds. The van der Waals surface area contributed by atoms with Crippen LogP contribution in [0, 0.1) is 6.92 Å². The van der Waals surface area contributed by atoms with Crippen molar-refractivity contribution in [3.05, 3.63) is 59.8 Å². The molecule has 8 nitrogen and oxygen atoms in total. The SMILES string of the molecule is C=CC(=O)N1CCCC(NC(=O)[C@@H]2Sc3nccc4c3C2NC(=O)N4c2ccc(C(C)C)cc2C)C1. The zero-order valence-corrected chi connectivity index (χ0v) is 21.6. The Morgan fingerprint density at radius 3 is 2.81 bits per heavy atom. The quantitative estimate of drug-likeness (QED) is 0.595. The van der Waals surface area contributed by atoms with Gasteiger partial charge in [0.25, 0.3) is 0 Å². The summed E-state index contributed by atoms with van der Waals surface area (Å²) in [6.07, 6.45) is 4.62. The smallest absolute Gasteiger partial charge is 0.327 e. The van der Waals surface area contributed by atoms with Crippen LogP contribution in [0.2, 0.25) is 0 Å². The van der Waals surface area contributed by atoms with Gasteiger partial charge in [0.15, 0.2) is 0 Å². The second-order valence-electron chi connectivity index (χ2n) is 9.89. The summed E-state index contributed by atoms with van der Waals surface area (Å²) in [4.78, 5) is 46.8. The van der Waals surface area contributed by atoms with Crippen LogP contribution in [0.5, 0.6) is 0 Å². The van der Waals surface area contributed by atoms with Crippen molar-refractivity contribution in [2.24, 2.45) is 0 Å². The molecule has 3 aliphatic heterocycles. The van der Waals surface area contributed by atoms with Crippen LogP contribution >= 0.6 is 11.8 Å². The van der Waals surface area contributed by atoms with Gasteiger partial charge >= 0.3 is 6.03 Å². The molecule has 36 heavy (non-hydrogen) atoms. The monoisotopic (exact) mass is 505 g/mol. The van der Waals surface area contributed by atoms with Crippen LogP contribution in [0.15, 0.2) is 48.1 Å². The number of pyridine rings is 1. The highest BCUT2D eigenvalue weighted by Gasteiger charge is 2.47. The lowest BCUT2D eigenvalue weighted by molar-refractivity contribution is -0.129. The molecule has 3 aliphatic rings. The zero-order chi connectivity index (χ0) is 25.6. The van der Waals surface area contributed by atoms with Crippen LogP contribution in [-0.4, -0.2) is 52.1 Å². The van der Waals surface area contributed by atoms with Crippen molar-refractivity contribution in [2.75, 3.05) is 18.0 Å². The highest BCUT2D eigenvalue weighted by molar-refractivity contribution is 8.01. The van der Waals surface area contributed by atoms with E-state index >= 15 is 0 Å². The maximum Gasteiger partial charge on any atom is 0.327 e. The summed E-state index contributed by atoms with van der Waals surface area (Å²) in [5.41, 5.74) is 4.68. The van der Waals surface area contributed by atoms with E-state index in [2.05, 4.69) is 48.2 Å². The molecular weight excluding hydrogens is 474 g/mol. The van der Waals surface area contributed by atoms with Crippen molar-refractivity contribution in [3.63, 3.8) is 0 Å². The molecule has 0 aliphatic carbocycles. The van der Waals surface area contributed by atoms with Crippen molar-refractivity contribution in [1.29, 1.82) is 0 Å². The Hall–Kier alpha value is -3.33.